The number of ether oxygens (including phenoxy) is 3. The lowest BCUT2D eigenvalue weighted by Gasteiger charge is -2.16. The van der Waals surface area contributed by atoms with Crippen LogP contribution in [0, 0.1) is 0 Å². The average molecular weight is 747 g/mol. The second-order valence-corrected chi connectivity index (χ2v) is 11.7. The third-order valence-electron chi connectivity index (χ3n) is 7.92. The predicted octanol–water partition coefficient (Wildman–Crippen LogP) is 4.85. The van der Waals surface area contributed by atoms with Crippen LogP contribution in [-0.4, -0.2) is 66.3 Å². The largest absolute Gasteiger partial charge is 0.479 e. The van der Waals surface area contributed by atoms with Gasteiger partial charge in [0.25, 0.3) is 0 Å². The Bertz CT molecular complexity index is 2110. The molecule has 0 aliphatic rings. The fourth-order valence-electron chi connectivity index (χ4n) is 5.13. The van der Waals surface area contributed by atoms with Gasteiger partial charge >= 0.3 is 24.1 Å². The lowest BCUT2D eigenvalue weighted by Crippen LogP contribution is -2.35. The van der Waals surface area contributed by atoms with Crippen LogP contribution in [0.25, 0.3) is 0 Å². The number of carboxylic acids is 1. The first-order chi connectivity index (χ1) is 26.8. The normalized spacial score (nSPS) is 11.5. The summed E-state index contributed by atoms with van der Waals surface area (Å²) in [7, 11) is 1.26. The van der Waals surface area contributed by atoms with Crippen LogP contribution >= 0.6 is 0 Å². The Morgan fingerprint density at radius 1 is 0.600 bits per heavy atom. The summed E-state index contributed by atoms with van der Waals surface area (Å²) >= 11 is 0. The Morgan fingerprint density at radius 2 is 0.982 bits per heavy atom. The number of aromatic nitrogens is 6. The maximum Gasteiger partial charge on any atom is 0.408 e. The number of hydrogen-bond acceptors (Lipinski definition) is 11. The smallest absolute Gasteiger partial charge is 0.408 e. The third-order valence-corrected chi connectivity index (χ3v) is 7.92. The molecule has 0 bridgehead atoms. The van der Waals surface area contributed by atoms with E-state index in [-0.39, 0.29) is 13.2 Å². The Kier molecular flexibility index (Phi) is 14.2. The third kappa shape index (κ3) is 11.8. The minimum absolute atomic E-state index is 0.0334. The zero-order chi connectivity index (χ0) is 38.8. The highest BCUT2D eigenvalue weighted by Crippen LogP contribution is 2.16. The zero-order valence-corrected chi connectivity index (χ0v) is 29.7. The summed E-state index contributed by atoms with van der Waals surface area (Å²) in [5.74, 6) is -1.76. The van der Waals surface area contributed by atoms with E-state index in [1.165, 1.54) is 19.5 Å². The lowest BCUT2D eigenvalue weighted by atomic mass is 10.1. The molecule has 0 saturated heterocycles. The van der Waals surface area contributed by atoms with E-state index in [1.807, 2.05) is 66.7 Å². The first-order valence-corrected chi connectivity index (χ1v) is 16.9. The first-order valence-electron chi connectivity index (χ1n) is 16.9. The highest BCUT2D eigenvalue weighted by Gasteiger charge is 2.25. The first kappa shape index (κ1) is 38.9. The van der Waals surface area contributed by atoms with Gasteiger partial charge in [-0.1, -0.05) is 132 Å². The number of methoxy groups -OCH3 is 1. The van der Waals surface area contributed by atoms with Crippen molar-refractivity contribution in [2.45, 2.75) is 38.4 Å². The number of hydrogen-bond donors (Lipinski definition) is 3. The van der Waals surface area contributed by atoms with Crippen LogP contribution in [0.1, 0.15) is 45.7 Å². The number of carboxylic acid groups (broad SMARTS) is 1. The summed E-state index contributed by atoms with van der Waals surface area (Å²) in [6, 6.07) is 34.5. The second kappa shape index (κ2) is 20.0. The van der Waals surface area contributed by atoms with Crippen LogP contribution in [0.15, 0.2) is 134 Å². The van der Waals surface area contributed by atoms with Gasteiger partial charge in [-0.3, -0.25) is 0 Å². The van der Waals surface area contributed by atoms with Crippen molar-refractivity contribution in [2.24, 2.45) is 0 Å². The zero-order valence-electron chi connectivity index (χ0n) is 29.7. The van der Waals surface area contributed by atoms with Crippen molar-refractivity contribution in [1.82, 2.24) is 40.6 Å². The molecule has 4 aromatic carbocycles. The fraction of sp³-hybridized carbons (Fsp3) is 0.179. The van der Waals surface area contributed by atoms with Crippen LogP contribution in [0.4, 0.5) is 9.59 Å². The summed E-state index contributed by atoms with van der Waals surface area (Å²) in [6.07, 6.45) is 1.46. The van der Waals surface area contributed by atoms with Gasteiger partial charge in [0, 0.05) is 0 Å². The van der Waals surface area contributed by atoms with Crippen LogP contribution in [0.5, 0.6) is 0 Å². The summed E-state index contributed by atoms with van der Waals surface area (Å²) in [4.78, 5) is 47.7. The molecule has 0 radical (unpaired) electrons. The molecular formula is C39H38N8O8. The van der Waals surface area contributed by atoms with Crippen molar-refractivity contribution in [3.63, 3.8) is 0 Å². The molecule has 6 aromatic rings. The van der Waals surface area contributed by atoms with Crippen LogP contribution in [-0.2, 0) is 50.1 Å². The Hall–Kier alpha value is -7.36. The molecule has 55 heavy (non-hydrogen) atoms. The second-order valence-electron chi connectivity index (χ2n) is 11.7. The number of alkyl carbamates (subject to hydrolysis) is 2. The standard InChI is InChI=1S/C20H20N4O4.C19H18N4O4/c1-27-19(25)18(16-10-6-3-7-11-16)22-20(26)28-14-17-12-21-23-24(17)13-15-8-4-2-5-9-15;24-18(25)17(15-9-5-2-6-10-15)21-19(26)27-13-16-11-20-22-23(16)12-14-7-3-1-4-8-14/h2-12,18H,13-14H2,1H3,(H,22,26);1-11,17H,12-13H2,(H,21,26)(H,24,25)/t18-;17-/m11/s1. The van der Waals surface area contributed by atoms with Crippen molar-refractivity contribution in [3.8, 4) is 0 Å². The highest BCUT2D eigenvalue weighted by molar-refractivity contribution is 5.83. The highest BCUT2D eigenvalue weighted by atomic mass is 16.6. The average Bonchev–Trinajstić information content (AvgIpc) is 3.87. The van der Waals surface area contributed by atoms with Gasteiger partial charge in [0.15, 0.2) is 12.1 Å². The van der Waals surface area contributed by atoms with Gasteiger partial charge in [-0.2, -0.15) is 0 Å². The molecule has 16 heteroatoms. The monoisotopic (exact) mass is 746 g/mol. The van der Waals surface area contributed by atoms with Crippen molar-refractivity contribution in [2.75, 3.05) is 7.11 Å². The quantitative estimate of drug-likeness (QED) is 0.101. The molecule has 2 heterocycles. The molecule has 0 spiro atoms. The van der Waals surface area contributed by atoms with Gasteiger partial charge < -0.3 is 30.0 Å². The number of benzene rings is 4. The molecule has 2 aromatic heterocycles. The van der Waals surface area contributed by atoms with Crippen molar-refractivity contribution >= 4 is 24.1 Å². The molecule has 0 aliphatic carbocycles. The summed E-state index contributed by atoms with van der Waals surface area (Å²) in [5, 5.41) is 29.9. The number of rotatable bonds is 14. The van der Waals surface area contributed by atoms with E-state index in [1.54, 1.807) is 64.0 Å². The fourth-order valence-corrected chi connectivity index (χ4v) is 5.13. The topological polar surface area (TPSA) is 202 Å². The number of carbonyl (C=O) groups excluding carboxylic acids is 3. The SMILES string of the molecule is COC(=O)[C@H](NC(=O)OCc1cnnn1Cc1ccccc1)c1ccccc1.O=C(N[C@@H](C(=O)O)c1ccccc1)OCc1cnnn1Cc1ccccc1. The number of amides is 2. The van der Waals surface area contributed by atoms with E-state index in [4.69, 9.17) is 14.2 Å². The Labute approximate surface area is 315 Å². The van der Waals surface area contributed by atoms with Crippen molar-refractivity contribution in [1.29, 1.82) is 0 Å². The van der Waals surface area contributed by atoms with Gasteiger partial charge in [0.1, 0.15) is 13.2 Å². The minimum atomic E-state index is -1.19. The van der Waals surface area contributed by atoms with E-state index in [0.29, 0.717) is 35.6 Å². The summed E-state index contributed by atoms with van der Waals surface area (Å²) < 4.78 is 18.4. The van der Waals surface area contributed by atoms with Gasteiger partial charge in [-0.15, -0.1) is 10.2 Å². The summed E-state index contributed by atoms with van der Waals surface area (Å²) in [6.45, 7) is 0.889. The maximum absolute atomic E-state index is 12.2. The lowest BCUT2D eigenvalue weighted by molar-refractivity contribution is -0.143. The molecule has 6 rings (SSSR count). The van der Waals surface area contributed by atoms with Gasteiger partial charge in [-0.25, -0.2) is 28.5 Å². The molecule has 0 unspecified atom stereocenters. The van der Waals surface area contributed by atoms with Crippen LogP contribution < -0.4 is 10.6 Å². The van der Waals surface area contributed by atoms with E-state index < -0.39 is 36.2 Å². The van der Waals surface area contributed by atoms with E-state index in [9.17, 15) is 24.3 Å². The van der Waals surface area contributed by atoms with E-state index >= 15 is 0 Å². The van der Waals surface area contributed by atoms with E-state index in [2.05, 4.69) is 31.3 Å². The predicted molar refractivity (Wildman–Crippen MR) is 196 cm³/mol. The number of aliphatic carboxylic acids is 1. The number of nitrogens with one attached hydrogen (secondary N) is 2. The Morgan fingerprint density at radius 3 is 1.38 bits per heavy atom. The number of esters is 1. The molecular weight excluding hydrogens is 708 g/mol. The molecule has 2 atom stereocenters. The summed E-state index contributed by atoms with van der Waals surface area (Å²) in [5.41, 5.74) is 4.37. The Balaban J connectivity index is 0.000000211. The van der Waals surface area contributed by atoms with Crippen molar-refractivity contribution < 1.29 is 38.5 Å². The molecule has 2 amide bonds. The van der Waals surface area contributed by atoms with Crippen LogP contribution in [0.2, 0.25) is 0 Å². The number of carbonyl (C=O) groups is 4. The molecule has 0 saturated carbocycles. The molecule has 3 N–H and O–H groups in total. The van der Waals surface area contributed by atoms with Crippen molar-refractivity contribution in [3.05, 3.63) is 167 Å². The minimum Gasteiger partial charge on any atom is -0.479 e. The van der Waals surface area contributed by atoms with Gasteiger partial charge in [0.05, 0.1) is 44.0 Å². The molecule has 16 nitrogen and oxygen atoms in total. The number of nitrogens with zero attached hydrogens (tertiary/aromatic N) is 6. The molecule has 0 fully saturated rings. The van der Waals surface area contributed by atoms with Gasteiger partial charge in [0.2, 0.25) is 0 Å². The van der Waals surface area contributed by atoms with Gasteiger partial charge in [-0.05, 0) is 22.3 Å². The molecule has 282 valence electrons. The maximum atomic E-state index is 12.2. The van der Waals surface area contributed by atoms with E-state index in [0.717, 1.165) is 11.1 Å². The van der Waals surface area contributed by atoms with Crippen LogP contribution in [0.3, 0.4) is 0 Å². The molecule has 0 aliphatic heterocycles.